The Hall–Kier alpha value is -2.67. The van der Waals surface area contributed by atoms with Gasteiger partial charge in [-0.25, -0.2) is 9.48 Å². The number of carbonyl (C=O) groups is 1. The van der Waals surface area contributed by atoms with Crippen LogP contribution in [0.5, 0.6) is 0 Å². The van der Waals surface area contributed by atoms with E-state index in [4.69, 9.17) is 0 Å². The third kappa shape index (κ3) is 3.99. The van der Waals surface area contributed by atoms with Gasteiger partial charge in [0.25, 0.3) is 0 Å². The van der Waals surface area contributed by atoms with Crippen molar-refractivity contribution in [3.63, 3.8) is 0 Å². The van der Waals surface area contributed by atoms with Crippen LogP contribution >= 0.6 is 11.3 Å². The third-order valence-corrected chi connectivity index (χ3v) is 4.50. The van der Waals surface area contributed by atoms with Gasteiger partial charge in [-0.15, -0.1) is 16.4 Å². The molecular formula is C17H19N5OS. The fourth-order valence-electron chi connectivity index (χ4n) is 2.26. The van der Waals surface area contributed by atoms with E-state index in [1.54, 1.807) is 28.0 Å². The van der Waals surface area contributed by atoms with Crippen molar-refractivity contribution in [3.8, 4) is 5.69 Å². The Morgan fingerprint density at radius 1 is 1.25 bits per heavy atom. The van der Waals surface area contributed by atoms with Gasteiger partial charge in [-0.05, 0) is 31.2 Å². The number of para-hydroxylation sites is 1. The maximum atomic E-state index is 12.2. The van der Waals surface area contributed by atoms with Gasteiger partial charge in [-0.1, -0.05) is 23.4 Å². The van der Waals surface area contributed by atoms with Gasteiger partial charge in [-0.3, -0.25) is 0 Å². The molecule has 0 aliphatic heterocycles. The predicted molar refractivity (Wildman–Crippen MR) is 94.1 cm³/mol. The second-order valence-corrected chi connectivity index (χ2v) is 6.89. The van der Waals surface area contributed by atoms with Crippen molar-refractivity contribution in [2.75, 3.05) is 7.05 Å². The van der Waals surface area contributed by atoms with Gasteiger partial charge < -0.3 is 10.2 Å². The molecule has 0 unspecified atom stereocenters. The van der Waals surface area contributed by atoms with E-state index >= 15 is 0 Å². The first-order valence-corrected chi connectivity index (χ1v) is 8.44. The SMILES string of the molecule is Cc1ccc(CN(C)C(=O)NCc2cn(-c3ccccc3)nn2)s1. The Labute approximate surface area is 144 Å². The molecule has 3 rings (SSSR count). The molecule has 0 atom stereocenters. The normalized spacial score (nSPS) is 10.6. The monoisotopic (exact) mass is 341 g/mol. The summed E-state index contributed by atoms with van der Waals surface area (Å²) in [7, 11) is 1.78. The zero-order chi connectivity index (χ0) is 16.9. The zero-order valence-corrected chi connectivity index (χ0v) is 14.5. The molecule has 6 nitrogen and oxygen atoms in total. The molecule has 1 aromatic carbocycles. The molecule has 0 bridgehead atoms. The molecule has 0 fully saturated rings. The smallest absolute Gasteiger partial charge is 0.317 e. The molecule has 0 aliphatic rings. The van der Waals surface area contributed by atoms with Crippen LogP contribution in [-0.2, 0) is 13.1 Å². The van der Waals surface area contributed by atoms with Crippen LogP contribution in [0.25, 0.3) is 5.69 Å². The Kier molecular flexibility index (Phi) is 4.90. The number of benzene rings is 1. The largest absolute Gasteiger partial charge is 0.332 e. The lowest BCUT2D eigenvalue weighted by molar-refractivity contribution is 0.206. The van der Waals surface area contributed by atoms with Crippen LogP contribution in [0.2, 0.25) is 0 Å². The lowest BCUT2D eigenvalue weighted by Crippen LogP contribution is -2.36. The number of carbonyl (C=O) groups excluding carboxylic acids is 1. The summed E-state index contributed by atoms with van der Waals surface area (Å²) in [6.07, 6.45) is 1.82. The van der Waals surface area contributed by atoms with Gasteiger partial charge in [0.1, 0.15) is 5.69 Å². The lowest BCUT2D eigenvalue weighted by atomic mass is 10.3. The van der Waals surface area contributed by atoms with Crippen molar-refractivity contribution < 1.29 is 4.79 Å². The number of amides is 2. The Balaban J connectivity index is 1.53. The van der Waals surface area contributed by atoms with Crippen molar-refractivity contribution >= 4 is 17.4 Å². The Bertz CT molecular complexity index is 811. The number of nitrogens with zero attached hydrogens (tertiary/aromatic N) is 4. The second kappa shape index (κ2) is 7.27. The molecule has 2 heterocycles. The number of hydrogen-bond acceptors (Lipinski definition) is 4. The van der Waals surface area contributed by atoms with Crippen molar-refractivity contribution in [2.24, 2.45) is 0 Å². The summed E-state index contributed by atoms with van der Waals surface area (Å²) in [5.41, 5.74) is 1.65. The van der Waals surface area contributed by atoms with Crippen LogP contribution < -0.4 is 5.32 Å². The fourth-order valence-corrected chi connectivity index (χ4v) is 3.21. The summed E-state index contributed by atoms with van der Waals surface area (Å²) >= 11 is 1.70. The standard InChI is InChI=1S/C17H19N5OS/c1-13-8-9-16(24-13)12-21(2)17(23)18-10-14-11-22(20-19-14)15-6-4-3-5-7-15/h3-9,11H,10,12H2,1-2H3,(H,18,23). The van der Waals surface area contributed by atoms with E-state index in [0.29, 0.717) is 18.8 Å². The summed E-state index contributed by atoms with van der Waals surface area (Å²) in [6.45, 7) is 3.00. The summed E-state index contributed by atoms with van der Waals surface area (Å²) in [5.74, 6) is 0. The highest BCUT2D eigenvalue weighted by molar-refractivity contribution is 7.11. The first-order valence-electron chi connectivity index (χ1n) is 7.63. The summed E-state index contributed by atoms with van der Waals surface area (Å²) in [6, 6.07) is 13.7. The lowest BCUT2D eigenvalue weighted by Gasteiger charge is -2.16. The van der Waals surface area contributed by atoms with E-state index in [0.717, 1.165) is 5.69 Å². The van der Waals surface area contributed by atoms with Gasteiger partial charge in [0.15, 0.2) is 0 Å². The molecule has 0 saturated heterocycles. The molecule has 1 N–H and O–H groups in total. The molecule has 3 aromatic rings. The highest BCUT2D eigenvalue weighted by atomic mass is 32.1. The molecule has 124 valence electrons. The van der Waals surface area contributed by atoms with Crippen LogP contribution in [0, 0.1) is 6.92 Å². The van der Waals surface area contributed by atoms with Gasteiger partial charge in [-0.2, -0.15) is 0 Å². The van der Waals surface area contributed by atoms with Crippen LogP contribution in [-0.4, -0.2) is 33.0 Å². The second-order valence-electron chi connectivity index (χ2n) is 5.52. The number of aryl methyl sites for hydroxylation is 1. The number of aromatic nitrogens is 3. The van der Waals surface area contributed by atoms with E-state index in [9.17, 15) is 4.79 Å². The molecule has 0 saturated carbocycles. The highest BCUT2D eigenvalue weighted by Crippen LogP contribution is 2.16. The number of nitrogens with one attached hydrogen (secondary N) is 1. The van der Waals surface area contributed by atoms with Gasteiger partial charge in [0.2, 0.25) is 0 Å². The van der Waals surface area contributed by atoms with Crippen molar-refractivity contribution in [1.82, 2.24) is 25.2 Å². The number of hydrogen-bond donors (Lipinski definition) is 1. The third-order valence-electron chi connectivity index (χ3n) is 3.52. The first kappa shape index (κ1) is 16.2. The summed E-state index contributed by atoms with van der Waals surface area (Å²) < 4.78 is 1.69. The van der Waals surface area contributed by atoms with Gasteiger partial charge in [0.05, 0.1) is 25.0 Å². The quantitative estimate of drug-likeness (QED) is 0.776. The Morgan fingerprint density at radius 2 is 2.04 bits per heavy atom. The summed E-state index contributed by atoms with van der Waals surface area (Å²) in [4.78, 5) is 16.2. The fraction of sp³-hybridized carbons (Fsp3) is 0.235. The van der Waals surface area contributed by atoms with E-state index < -0.39 is 0 Å². The van der Waals surface area contributed by atoms with E-state index in [1.165, 1.54) is 9.75 Å². The molecular weight excluding hydrogens is 322 g/mol. The van der Waals surface area contributed by atoms with Gasteiger partial charge in [0, 0.05) is 16.8 Å². The topological polar surface area (TPSA) is 63.1 Å². The van der Waals surface area contributed by atoms with Crippen molar-refractivity contribution in [3.05, 3.63) is 64.1 Å². The minimum absolute atomic E-state index is 0.129. The average Bonchev–Trinajstić information content (AvgIpc) is 3.22. The number of urea groups is 1. The van der Waals surface area contributed by atoms with E-state index in [2.05, 4.69) is 34.7 Å². The maximum Gasteiger partial charge on any atom is 0.317 e. The summed E-state index contributed by atoms with van der Waals surface area (Å²) in [5, 5.41) is 11.0. The van der Waals surface area contributed by atoms with Crippen molar-refractivity contribution in [2.45, 2.75) is 20.0 Å². The molecule has 24 heavy (non-hydrogen) atoms. The average molecular weight is 341 g/mol. The molecule has 7 heteroatoms. The molecule has 0 radical (unpaired) electrons. The number of rotatable bonds is 5. The van der Waals surface area contributed by atoms with E-state index in [-0.39, 0.29) is 6.03 Å². The predicted octanol–water partition coefficient (Wildman–Crippen LogP) is 2.98. The Morgan fingerprint density at radius 3 is 2.75 bits per heavy atom. The van der Waals surface area contributed by atoms with Crippen LogP contribution in [0.1, 0.15) is 15.4 Å². The van der Waals surface area contributed by atoms with Crippen LogP contribution in [0.4, 0.5) is 4.79 Å². The molecule has 0 aliphatic carbocycles. The van der Waals surface area contributed by atoms with E-state index in [1.807, 2.05) is 36.5 Å². The van der Waals surface area contributed by atoms with Crippen LogP contribution in [0.15, 0.2) is 48.7 Å². The first-order chi connectivity index (χ1) is 11.6. The molecule has 0 spiro atoms. The highest BCUT2D eigenvalue weighted by Gasteiger charge is 2.11. The number of thiophene rings is 1. The molecule has 2 amide bonds. The van der Waals surface area contributed by atoms with Crippen LogP contribution in [0.3, 0.4) is 0 Å². The minimum atomic E-state index is -0.129. The molecule has 2 aromatic heterocycles. The zero-order valence-electron chi connectivity index (χ0n) is 13.6. The maximum absolute atomic E-state index is 12.2. The minimum Gasteiger partial charge on any atom is -0.332 e. The van der Waals surface area contributed by atoms with Gasteiger partial charge >= 0.3 is 6.03 Å². The van der Waals surface area contributed by atoms with Crippen molar-refractivity contribution in [1.29, 1.82) is 0 Å².